The topological polar surface area (TPSA) is 80.8 Å². The maximum Gasteiger partial charge on any atom is 0.338 e. The third-order valence-electron chi connectivity index (χ3n) is 4.99. The molecule has 6 nitrogen and oxygen atoms in total. The zero-order chi connectivity index (χ0) is 21.0. The van der Waals surface area contributed by atoms with Gasteiger partial charge in [0.15, 0.2) is 12.4 Å². The number of sulfonamides is 1. The number of nitrogens with zero attached hydrogens (tertiary/aromatic N) is 1. The first-order chi connectivity index (χ1) is 13.8. The summed E-state index contributed by atoms with van der Waals surface area (Å²) >= 11 is 0. The van der Waals surface area contributed by atoms with Crippen LogP contribution in [0.5, 0.6) is 0 Å². The van der Waals surface area contributed by atoms with Crippen molar-refractivity contribution in [2.24, 2.45) is 11.8 Å². The average molecular weight is 416 g/mol. The van der Waals surface area contributed by atoms with E-state index in [1.54, 1.807) is 30.3 Å². The highest BCUT2D eigenvalue weighted by Crippen LogP contribution is 2.26. The van der Waals surface area contributed by atoms with Crippen LogP contribution in [-0.4, -0.2) is 44.2 Å². The van der Waals surface area contributed by atoms with Crippen LogP contribution in [0.4, 0.5) is 0 Å². The molecule has 0 saturated carbocycles. The van der Waals surface area contributed by atoms with Gasteiger partial charge >= 0.3 is 5.97 Å². The fraction of sp³-hybridized carbons (Fsp3) is 0.364. The monoisotopic (exact) mass is 415 g/mol. The highest BCUT2D eigenvalue weighted by atomic mass is 32.2. The molecule has 0 radical (unpaired) electrons. The quantitative estimate of drug-likeness (QED) is 0.534. The van der Waals surface area contributed by atoms with Crippen LogP contribution in [0, 0.1) is 11.8 Å². The van der Waals surface area contributed by atoms with E-state index in [1.165, 1.54) is 28.6 Å². The molecular formula is C22H25NO5S. The fourth-order valence-corrected chi connectivity index (χ4v) is 5.32. The maximum absolute atomic E-state index is 12.9. The van der Waals surface area contributed by atoms with Gasteiger partial charge in [0.2, 0.25) is 10.0 Å². The molecule has 2 atom stereocenters. The van der Waals surface area contributed by atoms with Crippen molar-refractivity contribution < 1.29 is 22.7 Å². The van der Waals surface area contributed by atoms with Crippen LogP contribution in [0.15, 0.2) is 59.5 Å². The third-order valence-corrected chi connectivity index (χ3v) is 6.84. The molecule has 0 unspecified atom stereocenters. The highest BCUT2D eigenvalue weighted by molar-refractivity contribution is 7.89. The van der Waals surface area contributed by atoms with E-state index in [9.17, 15) is 18.0 Å². The molecule has 0 N–H and O–H groups in total. The van der Waals surface area contributed by atoms with Gasteiger partial charge in [0.05, 0.1) is 10.5 Å². The largest absolute Gasteiger partial charge is 0.454 e. The number of benzene rings is 2. The lowest BCUT2D eigenvalue weighted by Gasteiger charge is -2.34. The number of ketones is 1. The second-order valence-electron chi connectivity index (χ2n) is 7.66. The van der Waals surface area contributed by atoms with Crippen LogP contribution >= 0.6 is 0 Å². The predicted octanol–water partition coefficient (Wildman–Crippen LogP) is 3.39. The van der Waals surface area contributed by atoms with Crippen molar-refractivity contribution in [1.29, 1.82) is 0 Å². The Hall–Kier alpha value is -2.51. The summed E-state index contributed by atoms with van der Waals surface area (Å²) in [6, 6.07) is 14.2. The first-order valence-corrected chi connectivity index (χ1v) is 11.1. The lowest BCUT2D eigenvalue weighted by molar-refractivity contribution is 0.0474. The Morgan fingerprint density at radius 1 is 0.931 bits per heavy atom. The second kappa shape index (κ2) is 8.88. The summed E-state index contributed by atoms with van der Waals surface area (Å²) in [5, 5.41) is 0. The molecule has 7 heteroatoms. The number of rotatable bonds is 6. The van der Waals surface area contributed by atoms with Gasteiger partial charge in [-0.05, 0) is 42.5 Å². The molecule has 0 spiro atoms. The summed E-state index contributed by atoms with van der Waals surface area (Å²) < 4.78 is 32.4. The molecule has 29 heavy (non-hydrogen) atoms. The van der Waals surface area contributed by atoms with Gasteiger partial charge < -0.3 is 4.74 Å². The Morgan fingerprint density at radius 3 is 2.10 bits per heavy atom. The minimum atomic E-state index is -3.60. The maximum atomic E-state index is 12.9. The molecule has 154 valence electrons. The number of carbonyl (C=O) groups is 2. The van der Waals surface area contributed by atoms with E-state index in [4.69, 9.17) is 4.74 Å². The number of ether oxygens (including phenoxy) is 1. The Bertz CT molecular complexity index is 960. The second-order valence-corrected chi connectivity index (χ2v) is 9.60. The van der Waals surface area contributed by atoms with E-state index in [0.29, 0.717) is 30.5 Å². The predicted molar refractivity (Wildman–Crippen MR) is 109 cm³/mol. The van der Waals surface area contributed by atoms with E-state index in [-0.39, 0.29) is 22.8 Å². The van der Waals surface area contributed by atoms with Crippen molar-refractivity contribution in [2.45, 2.75) is 25.2 Å². The summed E-state index contributed by atoms with van der Waals surface area (Å²) in [6.45, 7) is 4.73. The summed E-state index contributed by atoms with van der Waals surface area (Å²) in [4.78, 5) is 24.4. The van der Waals surface area contributed by atoms with Crippen LogP contribution in [0.2, 0.25) is 0 Å². The fourth-order valence-electron chi connectivity index (χ4n) is 3.64. The van der Waals surface area contributed by atoms with Gasteiger partial charge in [-0.1, -0.05) is 44.2 Å². The molecule has 0 bridgehead atoms. The molecule has 1 heterocycles. The normalized spacial score (nSPS) is 20.2. The average Bonchev–Trinajstić information content (AvgIpc) is 2.71. The first kappa shape index (κ1) is 21.2. The lowest BCUT2D eigenvalue weighted by atomic mass is 9.94. The molecule has 2 aromatic rings. The smallest absolute Gasteiger partial charge is 0.338 e. The first-order valence-electron chi connectivity index (χ1n) is 9.63. The lowest BCUT2D eigenvalue weighted by Crippen LogP contribution is -2.42. The zero-order valence-corrected chi connectivity index (χ0v) is 17.4. The van der Waals surface area contributed by atoms with Crippen molar-refractivity contribution in [3.05, 3.63) is 65.7 Å². The molecule has 0 aromatic heterocycles. The summed E-state index contributed by atoms with van der Waals surface area (Å²) in [5.74, 6) is -0.347. The number of carbonyl (C=O) groups excluding carboxylic acids is 2. The number of hydrogen-bond acceptors (Lipinski definition) is 5. The van der Waals surface area contributed by atoms with Crippen molar-refractivity contribution in [3.63, 3.8) is 0 Å². The van der Waals surface area contributed by atoms with Gasteiger partial charge in [-0.2, -0.15) is 4.31 Å². The Labute approximate surface area is 171 Å². The van der Waals surface area contributed by atoms with Gasteiger partial charge in [-0.3, -0.25) is 4.79 Å². The van der Waals surface area contributed by atoms with Crippen molar-refractivity contribution in [3.8, 4) is 0 Å². The van der Waals surface area contributed by atoms with Crippen molar-refractivity contribution >= 4 is 21.8 Å². The van der Waals surface area contributed by atoms with Crippen LogP contribution in [0.1, 0.15) is 41.0 Å². The van der Waals surface area contributed by atoms with Gasteiger partial charge in [0.25, 0.3) is 0 Å². The van der Waals surface area contributed by atoms with E-state index in [0.717, 1.165) is 6.42 Å². The highest BCUT2D eigenvalue weighted by Gasteiger charge is 2.31. The van der Waals surface area contributed by atoms with E-state index >= 15 is 0 Å². The van der Waals surface area contributed by atoms with E-state index < -0.39 is 16.0 Å². The molecular weight excluding hydrogens is 390 g/mol. The van der Waals surface area contributed by atoms with Crippen LogP contribution in [0.25, 0.3) is 0 Å². The Kier molecular flexibility index (Phi) is 6.49. The molecule has 2 aromatic carbocycles. The molecule has 1 aliphatic rings. The number of esters is 1. The summed E-state index contributed by atoms with van der Waals surface area (Å²) in [7, 11) is -3.60. The molecule has 0 amide bonds. The molecule has 1 fully saturated rings. The minimum absolute atomic E-state index is 0.149. The minimum Gasteiger partial charge on any atom is -0.454 e. The van der Waals surface area contributed by atoms with Crippen molar-refractivity contribution in [2.75, 3.05) is 19.7 Å². The number of piperidine rings is 1. The molecule has 3 rings (SSSR count). The summed E-state index contributed by atoms with van der Waals surface area (Å²) in [6.07, 6.45) is 1.01. The molecule has 1 aliphatic heterocycles. The van der Waals surface area contributed by atoms with Gasteiger partial charge in [0.1, 0.15) is 0 Å². The van der Waals surface area contributed by atoms with Crippen molar-refractivity contribution in [1.82, 2.24) is 4.31 Å². The van der Waals surface area contributed by atoms with E-state index in [2.05, 4.69) is 0 Å². The molecule has 1 saturated heterocycles. The Morgan fingerprint density at radius 2 is 1.52 bits per heavy atom. The number of hydrogen-bond donors (Lipinski definition) is 0. The van der Waals surface area contributed by atoms with Crippen LogP contribution in [-0.2, 0) is 14.8 Å². The molecule has 0 aliphatic carbocycles. The standard InChI is InChI=1S/C22H25NO5S/c1-16-12-17(2)14-23(13-16)29(26,27)20-10-8-19(9-11-20)22(25)28-15-21(24)18-6-4-3-5-7-18/h3-11,16-17H,12-15H2,1-2H3/t16-,17+. The van der Waals surface area contributed by atoms with Gasteiger partial charge in [-0.15, -0.1) is 0 Å². The SMILES string of the molecule is C[C@@H]1C[C@H](C)CN(S(=O)(=O)c2ccc(C(=O)OCC(=O)c3ccccc3)cc2)C1. The zero-order valence-electron chi connectivity index (χ0n) is 16.6. The van der Waals surface area contributed by atoms with Gasteiger partial charge in [0, 0.05) is 18.7 Å². The number of Topliss-reactive ketones (excluding diaryl/α,β-unsaturated/α-hetero) is 1. The van der Waals surface area contributed by atoms with Gasteiger partial charge in [-0.25, -0.2) is 13.2 Å². The third kappa shape index (κ3) is 5.10. The van der Waals surface area contributed by atoms with E-state index in [1.807, 2.05) is 13.8 Å². The Balaban J connectivity index is 1.64. The van der Waals surface area contributed by atoms with Crippen LogP contribution < -0.4 is 0 Å². The summed E-state index contributed by atoms with van der Waals surface area (Å²) in [5.41, 5.74) is 0.664. The van der Waals surface area contributed by atoms with Crippen LogP contribution in [0.3, 0.4) is 0 Å².